The number of halogens is 1. The van der Waals surface area contributed by atoms with Gasteiger partial charge >= 0.3 is 0 Å². The van der Waals surface area contributed by atoms with Gasteiger partial charge in [-0.1, -0.05) is 29.5 Å². The highest BCUT2D eigenvalue weighted by Crippen LogP contribution is 2.26. The highest BCUT2D eigenvalue weighted by molar-refractivity contribution is 7.18. The topological polar surface area (TPSA) is 53.9 Å². The third-order valence-electron chi connectivity index (χ3n) is 3.63. The number of hydrogen-bond acceptors (Lipinski definition) is 6. The van der Waals surface area contributed by atoms with Crippen LogP contribution in [0, 0.1) is 5.82 Å². The van der Waals surface area contributed by atoms with Gasteiger partial charge in [0, 0.05) is 12.7 Å². The van der Waals surface area contributed by atoms with Crippen LogP contribution in [0.2, 0.25) is 0 Å². The molecule has 5 nitrogen and oxygen atoms in total. The van der Waals surface area contributed by atoms with E-state index in [1.807, 2.05) is 32.3 Å². The Balaban J connectivity index is 1.69. The van der Waals surface area contributed by atoms with Gasteiger partial charge in [-0.05, 0) is 43.9 Å². The summed E-state index contributed by atoms with van der Waals surface area (Å²) in [6.45, 7) is 0.648. The highest BCUT2D eigenvalue weighted by atomic mass is 32.1. The van der Waals surface area contributed by atoms with Crippen LogP contribution < -0.4 is 5.32 Å². The summed E-state index contributed by atoms with van der Waals surface area (Å²) in [5.74, 6) is -0.228. The predicted molar refractivity (Wildman–Crippen MR) is 94.5 cm³/mol. The van der Waals surface area contributed by atoms with Crippen molar-refractivity contribution in [3.63, 3.8) is 0 Å². The molecule has 3 rings (SSSR count). The molecule has 1 unspecified atom stereocenters. The number of nitrogens with zero attached hydrogens (tertiary/aromatic N) is 4. The highest BCUT2D eigenvalue weighted by Gasteiger charge is 2.15. The van der Waals surface area contributed by atoms with Gasteiger partial charge in [-0.15, -0.1) is 10.2 Å². The lowest BCUT2D eigenvalue weighted by molar-refractivity contribution is 0.311. The van der Waals surface area contributed by atoms with Crippen LogP contribution in [0.15, 0.2) is 48.7 Å². The summed E-state index contributed by atoms with van der Waals surface area (Å²) in [7, 11) is 3.99. The number of likely N-dealkylation sites (N-methyl/N-ethyl adjacent to an activating group) is 1. The third-order valence-corrected chi connectivity index (χ3v) is 4.54. The molecule has 0 aliphatic carbocycles. The average molecular weight is 343 g/mol. The number of nitrogens with one attached hydrogen (secondary N) is 1. The smallest absolute Gasteiger partial charge is 0.206 e. The zero-order valence-corrected chi connectivity index (χ0v) is 14.3. The minimum Gasteiger partial charge on any atom is -0.358 e. The van der Waals surface area contributed by atoms with Gasteiger partial charge in [0.05, 0.1) is 6.04 Å². The van der Waals surface area contributed by atoms with E-state index >= 15 is 0 Å². The van der Waals surface area contributed by atoms with Crippen molar-refractivity contribution in [2.45, 2.75) is 6.04 Å². The van der Waals surface area contributed by atoms with Crippen molar-refractivity contribution in [1.82, 2.24) is 20.1 Å². The molecule has 0 saturated heterocycles. The first-order chi connectivity index (χ1) is 11.6. The first-order valence-electron chi connectivity index (χ1n) is 7.54. The maximum absolute atomic E-state index is 13.1. The lowest BCUT2D eigenvalue weighted by Gasteiger charge is -2.24. The first-order valence-corrected chi connectivity index (χ1v) is 8.36. The van der Waals surface area contributed by atoms with Gasteiger partial charge in [-0.25, -0.2) is 4.39 Å². The SMILES string of the molecule is CN(C)C(CNc1nnc(-c2ccccn2)s1)c1ccc(F)cc1. The normalized spacial score (nSPS) is 12.3. The van der Waals surface area contributed by atoms with Gasteiger partial charge in [-0.2, -0.15) is 0 Å². The van der Waals surface area contributed by atoms with Crippen molar-refractivity contribution in [1.29, 1.82) is 0 Å². The minimum atomic E-state index is -0.228. The van der Waals surface area contributed by atoms with E-state index in [4.69, 9.17) is 0 Å². The Morgan fingerprint density at radius 3 is 2.58 bits per heavy atom. The number of hydrogen-bond donors (Lipinski definition) is 1. The standard InChI is InChI=1S/C17H18FN5S/c1-23(2)15(12-6-8-13(18)9-7-12)11-20-17-22-21-16(24-17)14-5-3-4-10-19-14/h3-10,15H,11H2,1-2H3,(H,20,22). The van der Waals surface area contributed by atoms with Crippen LogP contribution in [0.1, 0.15) is 11.6 Å². The van der Waals surface area contributed by atoms with Crippen LogP contribution in [0.3, 0.4) is 0 Å². The molecule has 0 fully saturated rings. The molecule has 0 amide bonds. The molecule has 2 heterocycles. The van der Waals surface area contributed by atoms with Crippen LogP contribution in [-0.2, 0) is 0 Å². The van der Waals surface area contributed by atoms with Crippen molar-refractivity contribution >= 4 is 16.5 Å². The molecule has 3 aromatic rings. The maximum atomic E-state index is 13.1. The molecule has 0 aliphatic rings. The second kappa shape index (κ2) is 7.46. The molecular weight excluding hydrogens is 325 g/mol. The van der Waals surface area contributed by atoms with Crippen LogP contribution >= 0.6 is 11.3 Å². The van der Waals surface area contributed by atoms with Gasteiger partial charge in [0.2, 0.25) is 5.13 Å². The molecule has 0 saturated carbocycles. The summed E-state index contributed by atoms with van der Waals surface area (Å²) in [4.78, 5) is 6.36. The number of anilines is 1. The Morgan fingerprint density at radius 1 is 1.12 bits per heavy atom. The van der Waals surface area contributed by atoms with E-state index in [-0.39, 0.29) is 11.9 Å². The predicted octanol–water partition coefficient (Wildman–Crippen LogP) is 3.45. The van der Waals surface area contributed by atoms with Crippen molar-refractivity contribution < 1.29 is 4.39 Å². The number of aromatic nitrogens is 3. The molecule has 0 radical (unpaired) electrons. The fourth-order valence-corrected chi connectivity index (χ4v) is 3.08. The number of pyridine rings is 1. The van der Waals surface area contributed by atoms with Crippen LogP contribution in [0.5, 0.6) is 0 Å². The van der Waals surface area contributed by atoms with E-state index in [1.54, 1.807) is 18.3 Å². The summed E-state index contributed by atoms with van der Waals surface area (Å²) in [5, 5.41) is 13.2. The number of rotatable bonds is 6. The first kappa shape index (κ1) is 16.5. The van der Waals surface area contributed by atoms with Crippen molar-refractivity contribution in [2.24, 2.45) is 0 Å². The van der Waals surface area contributed by atoms with Gasteiger partial charge in [0.1, 0.15) is 11.5 Å². The molecule has 24 heavy (non-hydrogen) atoms. The van der Waals surface area contributed by atoms with Gasteiger partial charge < -0.3 is 10.2 Å². The molecule has 0 aliphatic heterocycles. The fraction of sp³-hybridized carbons (Fsp3) is 0.235. The van der Waals surface area contributed by atoms with Gasteiger partial charge in [-0.3, -0.25) is 4.98 Å². The fourth-order valence-electron chi connectivity index (χ4n) is 2.35. The van der Waals surface area contributed by atoms with Gasteiger partial charge in [0.15, 0.2) is 5.01 Å². The summed E-state index contributed by atoms with van der Waals surface area (Å²) in [5.41, 5.74) is 1.86. The summed E-state index contributed by atoms with van der Waals surface area (Å²) in [6, 6.07) is 12.4. The lowest BCUT2D eigenvalue weighted by atomic mass is 10.1. The molecule has 0 bridgehead atoms. The largest absolute Gasteiger partial charge is 0.358 e. The zero-order valence-electron chi connectivity index (χ0n) is 13.5. The zero-order chi connectivity index (χ0) is 16.9. The maximum Gasteiger partial charge on any atom is 0.206 e. The van der Waals surface area contributed by atoms with Crippen molar-refractivity contribution in [3.05, 3.63) is 60.0 Å². The van der Waals surface area contributed by atoms with E-state index < -0.39 is 0 Å². The average Bonchev–Trinajstić information content (AvgIpc) is 3.06. The Morgan fingerprint density at radius 2 is 1.92 bits per heavy atom. The lowest BCUT2D eigenvalue weighted by Crippen LogP contribution is -2.26. The molecule has 1 aromatic carbocycles. The van der Waals surface area contributed by atoms with E-state index in [1.165, 1.54) is 23.5 Å². The van der Waals surface area contributed by atoms with Gasteiger partial charge in [0.25, 0.3) is 0 Å². The monoisotopic (exact) mass is 343 g/mol. The molecular formula is C17H18FN5S. The minimum absolute atomic E-state index is 0.104. The summed E-state index contributed by atoms with van der Waals surface area (Å²) in [6.07, 6.45) is 1.74. The van der Waals surface area contributed by atoms with E-state index in [2.05, 4.69) is 25.4 Å². The number of benzene rings is 1. The molecule has 0 spiro atoms. The van der Waals surface area contributed by atoms with Crippen molar-refractivity contribution in [2.75, 3.05) is 26.0 Å². The Labute approximate surface area is 144 Å². The Hall–Kier alpha value is -2.38. The summed E-state index contributed by atoms with van der Waals surface area (Å²) < 4.78 is 13.1. The van der Waals surface area contributed by atoms with Crippen LogP contribution in [-0.4, -0.2) is 40.7 Å². The van der Waals surface area contributed by atoms with Crippen molar-refractivity contribution in [3.8, 4) is 10.7 Å². The van der Waals surface area contributed by atoms with Crippen LogP contribution in [0.4, 0.5) is 9.52 Å². The van der Waals surface area contributed by atoms with E-state index in [0.29, 0.717) is 6.54 Å². The van der Waals surface area contributed by atoms with Crippen LogP contribution in [0.25, 0.3) is 10.7 Å². The molecule has 1 N–H and O–H groups in total. The second-order valence-corrected chi connectivity index (χ2v) is 6.52. The third kappa shape index (κ3) is 3.93. The van der Waals surface area contributed by atoms with E-state index in [0.717, 1.165) is 21.4 Å². The molecule has 2 aromatic heterocycles. The quantitative estimate of drug-likeness (QED) is 0.743. The summed E-state index contributed by atoms with van der Waals surface area (Å²) >= 11 is 1.46. The molecule has 1 atom stereocenters. The second-order valence-electron chi connectivity index (χ2n) is 5.54. The van der Waals surface area contributed by atoms with E-state index in [9.17, 15) is 4.39 Å². The Bertz CT molecular complexity index is 773. The molecule has 124 valence electrons. The Kier molecular flexibility index (Phi) is 5.12. The molecule has 7 heteroatoms.